The van der Waals surface area contributed by atoms with Crippen LogP contribution in [0.5, 0.6) is 0 Å². The molecule has 0 saturated carbocycles. The third kappa shape index (κ3) is 10.2. The number of carboxylic acids is 1. The summed E-state index contributed by atoms with van der Waals surface area (Å²) in [7, 11) is 3.85. The van der Waals surface area contributed by atoms with E-state index in [-0.39, 0.29) is 17.8 Å². The van der Waals surface area contributed by atoms with Crippen LogP contribution in [0.2, 0.25) is 5.02 Å². The van der Waals surface area contributed by atoms with Gasteiger partial charge < -0.3 is 19.3 Å². The molecule has 0 aliphatic carbocycles. The number of ether oxygens (including phenoxy) is 3. The Morgan fingerprint density at radius 2 is 2.08 bits per heavy atom. The summed E-state index contributed by atoms with van der Waals surface area (Å²) < 4.78 is 16.5. The molecule has 0 amide bonds. The van der Waals surface area contributed by atoms with Crippen molar-refractivity contribution in [2.45, 2.75) is 74.7 Å². The van der Waals surface area contributed by atoms with Gasteiger partial charge in [0.05, 0.1) is 0 Å². The molecule has 12 heteroatoms. The number of hydrogen-bond donors (Lipinski definition) is 2. The summed E-state index contributed by atoms with van der Waals surface area (Å²) in [4.78, 5) is 38.5. The van der Waals surface area contributed by atoms with E-state index in [0.29, 0.717) is 40.3 Å². The highest BCUT2D eigenvalue weighted by Crippen LogP contribution is 2.49. The highest BCUT2D eigenvalue weighted by molar-refractivity contribution is 8.77. The van der Waals surface area contributed by atoms with Crippen LogP contribution >= 0.6 is 45.8 Å². The first kappa shape index (κ1) is 32.1. The first-order chi connectivity index (χ1) is 18.6. The van der Waals surface area contributed by atoms with Gasteiger partial charge in [0.2, 0.25) is 6.29 Å². The monoisotopic (exact) mass is 617 g/mol. The second-order valence-corrected chi connectivity index (χ2v) is 13.9. The lowest BCUT2D eigenvalue weighted by molar-refractivity contribution is -0.201. The predicted molar refractivity (Wildman–Crippen MR) is 158 cm³/mol. The summed E-state index contributed by atoms with van der Waals surface area (Å²) >= 11 is 10.9. The topological polar surface area (TPSA) is 102 Å². The number of esters is 2. The Kier molecular flexibility index (Phi) is 12.8. The number of unbranched alkanes of at least 4 members (excludes halogenated alkanes) is 1. The Hall–Kier alpha value is -1.37. The van der Waals surface area contributed by atoms with E-state index in [0.717, 1.165) is 25.3 Å². The van der Waals surface area contributed by atoms with Crippen molar-refractivity contribution in [3.05, 3.63) is 46.5 Å². The van der Waals surface area contributed by atoms with Crippen molar-refractivity contribution >= 4 is 63.7 Å². The second-order valence-electron chi connectivity index (χ2n) is 9.87. The molecular formula is C27H36ClNO7S3. The number of likely N-dealkylation sites (tertiary alicyclic amines) is 1. The molecule has 0 bridgehead atoms. The smallest absolute Gasteiger partial charge is 0.330 e. The van der Waals surface area contributed by atoms with Gasteiger partial charge in [-0.05, 0) is 56.7 Å². The van der Waals surface area contributed by atoms with Crippen LogP contribution in [0.1, 0.15) is 64.0 Å². The highest BCUT2D eigenvalue weighted by atomic mass is 35.5. The molecule has 1 N–H and O–H groups in total. The number of carbonyl (C=O) groups is 3. The maximum atomic E-state index is 13.3. The number of halogens is 1. The van der Waals surface area contributed by atoms with Gasteiger partial charge in [0.15, 0.2) is 6.79 Å². The van der Waals surface area contributed by atoms with E-state index in [4.69, 9.17) is 25.8 Å². The average Bonchev–Trinajstić information content (AvgIpc) is 3.31. The van der Waals surface area contributed by atoms with E-state index in [1.807, 2.05) is 26.5 Å². The van der Waals surface area contributed by atoms with Gasteiger partial charge in [0.25, 0.3) is 0 Å². The Morgan fingerprint density at radius 1 is 1.31 bits per heavy atom. The van der Waals surface area contributed by atoms with E-state index in [1.165, 1.54) is 12.2 Å². The molecule has 1 aromatic carbocycles. The molecule has 0 aromatic heterocycles. The predicted octanol–water partition coefficient (Wildman–Crippen LogP) is 5.91. The Morgan fingerprint density at radius 3 is 2.77 bits per heavy atom. The Labute approximate surface area is 248 Å². The third-order valence-corrected chi connectivity index (χ3v) is 11.0. The SMILES string of the molecule is CC(OCOC(=O)[C@H](c1ccccc1Cl)N1CCC(S)C(=CC(=O)O)C1)OC(=O)CCCC[C@]1(C)CCSS1. The van der Waals surface area contributed by atoms with Crippen molar-refractivity contribution in [1.29, 1.82) is 0 Å². The zero-order chi connectivity index (χ0) is 28.4. The van der Waals surface area contributed by atoms with Gasteiger partial charge in [-0.2, -0.15) is 12.6 Å². The molecule has 2 aliphatic rings. The van der Waals surface area contributed by atoms with Crippen LogP contribution in [-0.2, 0) is 28.6 Å². The minimum atomic E-state index is -1.07. The lowest BCUT2D eigenvalue weighted by Crippen LogP contribution is -2.43. The molecule has 216 valence electrons. The Balaban J connectivity index is 1.50. The first-order valence-electron chi connectivity index (χ1n) is 13.0. The lowest BCUT2D eigenvalue weighted by Gasteiger charge is -2.37. The molecule has 3 rings (SSSR count). The summed E-state index contributed by atoms with van der Waals surface area (Å²) in [6, 6.07) is 6.07. The quantitative estimate of drug-likeness (QED) is 0.0694. The van der Waals surface area contributed by atoms with Gasteiger partial charge in [-0.25, -0.2) is 9.59 Å². The van der Waals surface area contributed by atoms with Gasteiger partial charge in [-0.15, -0.1) is 0 Å². The molecule has 8 nitrogen and oxygen atoms in total. The zero-order valence-corrected chi connectivity index (χ0v) is 25.5. The van der Waals surface area contributed by atoms with Crippen LogP contribution in [-0.4, -0.2) is 69.8 Å². The standard InChI is InChI=1S/C27H36ClNO7S3/c1-18(36-24(32)9-5-6-11-27(2)12-14-38-39-27)34-17-35-26(33)25(20-7-3-4-8-21(20)28)29-13-10-22(37)19(16-29)15-23(30)31/h3-4,7-8,15,18,22,25,37H,5-6,9-14,16-17H2,1-2H3,(H,30,31)/t18?,22?,25-,27+/m0/s1. The second kappa shape index (κ2) is 15.6. The molecule has 1 aromatic rings. The van der Waals surface area contributed by atoms with Crippen LogP contribution in [0.25, 0.3) is 0 Å². The highest BCUT2D eigenvalue weighted by Gasteiger charge is 2.35. The number of carbonyl (C=O) groups excluding carboxylic acids is 2. The number of benzene rings is 1. The van der Waals surface area contributed by atoms with Crippen LogP contribution in [0.4, 0.5) is 0 Å². The van der Waals surface area contributed by atoms with E-state index >= 15 is 0 Å². The minimum Gasteiger partial charge on any atom is -0.478 e. The van der Waals surface area contributed by atoms with Crippen LogP contribution < -0.4 is 0 Å². The van der Waals surface area contributed by atoms with Gasteiger partial charge >= 0.3 is 17.9 Å². The normalized spacial score (nSPS) is 24.3. The molecule has 2 saturated heterocycles. The third-order valence-electron chi connectivity index (χ3n) is 6.71. The van der Waals surface area contributed by atoms with Crippen LogP contribution in [0, 0.1) is 0 Å². The number of aliphatic carboxylic acids is 1. The fraction of sp³-hybridized carbons (Fsp3) is 0.593. The minimum absolute atomic E-state index is 0.219. The fourth-order valence-electron chi connectivity index (χ4n) is 4.55. The zero-order valence-electron chi connectivity index (χ0n) is 22.2. The van der Waals surface area contributed by atoms with E-state index in [9.17, 15) is 19.5 Å². The molecule has 2 unspecified atom stereocenters. The van der Waals surface area contributed by atoms with Crippen molar-refractivity contribution in [2.75, 3.05) is 25.6 Å². The molecule has 4 atom stereocenters. The number of rotatable bonds is 13. The summed E-state index contributed by atoms with van der Waals surface area (Å²) in [6.45, 7) is 4.14. The molecule has 2 heterocycles. The molecule has 39 heavy (non-hydrogen) atoms. The maximum Gasteiger partial charge on any atom is 0.330 e. The summed E-state index contributed by atoms with van der Waals surface area (Å²) in [6.07, 6.45) is 5.09. The number of nitrogens with zero attached hydrogens (tertiary/aromatic N) is 1. The van der Waals surface area contributed by atoms with Gasteiger partial charge in [0.1, 0.15) is 6.04 Å². The molecule has 0 spiro atoms. The number of piperidine rings is 1. The molecule has 2 aliphatic heterocycles. The summed E-state index contributed by atoms with van der Waals surface area (Å²) in [5, 5.41) is 9.40. The number of hydrogen-bond acceptors (Lipinski definition) is 10. The van der Waals surface area contributed by atoms with E-state index in [1.54, 1.807) is 31.2 Å². The van der Waals surface area contributed by atoms with Gasteiger partial charge in [0, 0.05) is 46.4 Å². The van der Waals surface area contributed by atoms with Crippen LogP contribution in [0.3, 0.4) is 0 Å². The Bertz CT molecular complexity index is 1030. The van der Waals surface area contributed by atoms with E-state index in [2.05, 4.69) is 19.6 Å². The fourth-order valence-corrected chi connectivity index (χ4v) is 8.35. The van der Waals surface area contributed by atoms with Crippen molar-refractivity contribution in [3.63, 3.8) is 0 Å². The molecule has 2 fully saturated rings. The van der Waals surface area contributed by atoms with Crippen molar-refractivity contribution in [2.24, 2.45) is 0 Å². The number of thiol groups is 1. The van der Waals surface area contributed by atoms with E-state index < -0.39 is 31.1 Å². The van der Waals surface area contributed by atoms with Crippen molar-refractivity contribution < 1.29 is 33.7 Å². The summed E-state index contributed by atoms with van der Waals surface area (Å²) in [5.74, 6) is -0.848. The average molecular weight is 618 g/mol. The van der Waals surface area contributed by atoms with Crippen molar-refractivity contribution in [3.8, 4) is 0 Å². The van der Waals surface area contributed by atoms with Crippen LogP contribution in [0.15, 0.2) is 35.9 Å². The largest absolute Gasteiger partial charge is 0.478 e. The van der Waals surface area contributed by atoms with Crippen molar-refractivity contribution in [1.82, 2.24) is 4.90 Å². The lowest BCUT2D eigenvalue weighted by atomic mass is 9.98. The number of carboxylic acid groups (broad SMARTS) is 1. The maximum absolute atomic E-state index is 13.3. The van der Waals surface area contributed by atoms with Gasteiger partial charge in [-0.3, -0.25) is 9.69 Å². The molecular weight excluding hydrogens is 582 g/mol. The first-order valence-corrected chi connectivity index (χ1v) is 16.2. The molecule has 0 radical (unpaired) electrons. The summed E-state index contributed by atoms with van der Waals surface area (Å²) in [5.41, 5.74) is 1.13. The van der Waals surface area contributed by atoms with Gasteiger partial charge in [-0.1, -0.05) is 57.8 Å².